The normalized spacial score (nSPS) is 24.7. The lowest BCUT2D eigenvalue weighted by Crippen LogP contribution is -2.06. The molecule has 19 heavy (non-hydrogen) atoms. The average Bonchev–Trinajstić information content (AvgIpc) is 3.02. The van der Waals surface area contributed by atoms with Crippen LogP contribution in [-0.2, 0) is 12.8 Å². The maximum absolute atomic E-state index is 10.0. The van der Waals surface area contributed by atoms with Gasteiger partial charge >= 0.3 is 0 Å². The second-order valence-corrected chi connectivity index (χ2v) is 6.25. The van der Waals surface area contributed by atoms with Crippen LogP contribution in [0.25, 0.3) is 0 Å². The zero-order chi connectivity index (χ0) is 12.8. The number of para-hydroxylation sites is 1. The van der Waals surface area contributed by atoms with Gasteiger partial charge in [-0.15, -0.1) is 11.3 Å². The third-order valence-electron chi connectivity index (χ3n) is 3.86. The van der Waals surface area contributed by atoms with Gasteiger partial charge in [0, 0.05) is 6.42 Å². The van der Waals surface area contributed by atoms with Crippen LogP contribution < -0.4 is 4.74 Å². The number of hydrogen-bond acceptors (Lipinski definition) is 4. The molecule has 4 heteroatoms. The Balaban J connectivity index is 1.65. The zero-order valence-electron chi connectivity index (χ0n) is 10.5. The van der Waals surface area contributed by atoms with Crippen LogP contribution >= 0.6 is 11.3 Å². The number of rotatable bonds is 1. The number of aryl methyl sites for hydroxylation is 1. The van der Waals surface area contributed by atoms with Crippen LogP contribution in [0, 0.1) is 0 Å². The molecule has 2 aromatic rings. The Hall–Kier alpha value is -1.39. The molecule has 2 aliphatic rings. The number of aliphatic hydroxyl groups is 1. The molecule has 0 spiro atoms. The molecule has 0 radical (unpaired) electrons. The van der Waals surface area contributed by atoms with Crippen molar-refractivity contribution in [2.24, 2.45) is 0 Å². The Morgan fingerprint density at radius 2 is 2.21 bits per heavy atom. The summed E-state index contributed by atoms with van der Waals surface area (Å²) in [5.74, 6) is 0.973. The van der Waals surface area contributed by atoms with Crippen LogP contribution in [0.4, 0.5) is 0 Å². The second-order valence-electron chi connectivity index (χ2n) is 5.19. The molecule has 1 aromatic heterocycles. The molecular formula is C15H15NO2S. The minimum Gasteiger partial charge on any atom is -0.483 e. The van der Waals surface area contributed by atoms with Gasteiger partial charge in [0.15, 0.2) is 6.10 Å². The van der Waals surface area contributed by atoms with Crippen molar-refractivity contribution in [3.8, 4) is 5.75 Å². The lowest BCUT2D eigenvalue weighted by Gasteiger charge is -2.14. The highest BCUT2D eigenvalue weighted by molar-refractivity contribution is 7.11. The van der Waals surface area contributed by atoms with Gasteiger partial charge in [-0.3, -0.25) is 0 Å². The first-order valence-electron chi connectivity index (χ1n) is 6.73. The first-order chi connectivity index (χ1) is 9.31. The van der Waals surface area contributed by atoms with Crippen molar-refractivity contribution >= 4 is 11.3 Å². The third-order valence-corrected chi connectivity index (χ3v) is 5.15. The quantitative estimate of drug-likeness (QED) is 0.867. The Morgan fingerprint density at radius 3 is 3.05 bits per heavy atom. The summed E-state index contributed by atoms with van der Waals surface area (Å²) in [6.07, 6.45) is 3.48. The summed E-state index contributed by atoms with van der Waals surface area (Å²) in [6, 6.07) is 8.16. The van der Waals surface area contributed by atoms with E-state index >= 15 is 0 Å². The highest BCUT2D eigenvalue weighted by Gasteiger charge is 2.30. The number of ether oxygens (including phenoxy) is 1. The molecule has 3 nitrogen and oxygen atoms in total. The number of aromatic nitrogens is 1. The molecule has 2 atom stereocenters. The average molecular weight is 273 g/mol. The lowest BCUT2D eigenvalue weighted by atomic mass is 10.0. The van der Waals surface area contributed by atoms with Crippen LogP contribution in [0.1, 0.15) is 46.2 Å². The smallest absolute Gasteiger partial charge is 0.154 e. The van der Waals surface area contributed by atoms with Crippen LogP contribution in [0.5, 0.6) is 5.75 Å². The third kappa shape index (κ3) is 1.86. The SMILES string of the molecule is OC1CCCc2nc(C3Cc4ccccc4O3)sc21. The van der Waals surface area contributed by atoms with E-state index in [1.165, 1.54) is 5.56 Å². The molecule has 0 fully saturated rings. The maximum atomic E-state index is 10.0. The van der Waals surface area contributed by atoms with Gasteiger partial charge in [0.1, 0.15) is 10.8 Å². The highest BCUT2D eigenvalue weighted by Crippen LogP contribution is 2.41. The van der Waals surface area contributed by atoms with E-state index in [1.807, 2.05) is 18.2 Å². The second kappa shape index (κ2) is 4.32. The fraction of sp³-hybridized carbons (Fsp3) is 0.400. The Labute approximate surface area is 115 Å². The largest absolute Gasteiger partial charge is 0.483 e. The Morgan fingerprint density at radius 1 is 1.32 bits per heavy atom. The number of benzene rings is 1. The van der Waals surface area contributed by atoms with Crippen LogP contribution in [-0.4, -0.2) is 10.1 Å². The molecule has 1 aliphatic carbocycles. The van der Waals surface area contributed by atoms with Crippen molar-refractivity contribution < 1.29 is 9.84 Å². The van der Waals surface area contributed by atoms with E-state index in [2.05, 4.69) is 6.07 Å². The van der Waals surface area contributed by atoms with E-state index in [-0.39, 0.29) is 12.2 Å². The maximum Gasteiger partial charge on any atom is 0.154 e. The summed E-state index contributed by atoms with van der Waals surface area (Å²) >= 11 is 1.63. The minimum atomic E-state index is -0.321. The summed E-state index contributed by atoms with van der Waals surface area (Å²) < 4.78 is 5.97. The molecule has 0 saturated heterocycles. The number of fused-ring (bicyclic) bond motifs is 2. The van der Waals surface area contributed by atoms with Crippen LogP contribution in [0.3, 0.4) is 0 Å². The van der Waals surface area contributed by atoms with E-state index in [4.69, 9.17) is 9.72 Å². The highest BCUT2D eigenvalue weighted by atomic mass is 32.1. The van der Waals surface area contributed by atoms with Gasteiger partial charge < -0.3 is 9.84 Å². The van der Waals surface area contributed by atoms with Crippen molar-refractivity contribution in [1.29, 1.82) is 0 Å². The topological polar surface area (TPSA) is 42.4 Å². The number of nitrogens with zero attached hydrogens (tertiary/aromatic N) is 1. The van der Waals surface area contributed by atoms with Gasteiger partial charge in [-0.25, -0.2) is 4.98 Å². The van der Waals surface area contributed by atoms with Crippen molar-refractivity contribution in [3.63, 3.8) is 0 Å². The molecule has 1 aliphatic heterocycles. The molecule has 0 saturated carbocycles. The number of thiazole rings is 1. The standard InChI is InChI=1S/C15H15NO2S/c17-11-6-3-5-10-14(11)19-15(16-10)13-8-9-4-1-2-7-12(9)18-13/h1-2,4,7,11,13,17H,3,5-6,8H2. The first kappa shape index (κ1) is 11.4. The van der Waals surface area contributed by atoms with Gasteiger partial charge in [0.25, 0.3) is 0 Å². The minimum absolute atomic E-state index is 0.0280. The van der Waals surface area contributed by atoms with Gasteiger partial charge in [-0.2, -0.15) is 0 Å². The van der Waals surface area contributed by atoms with E-state index in [0.29, 0.717) is 0 Å². The van der Waals surface area contributed by atoms with E-state index in [0.717, 1.165) is 47.0 Å². The predicted octanol–water partition coefficient (Wildman–Crippen LogP) is 3.19. The lowest BCUT2D eigenvalue weighted by molar-refractivity contribution is 0.160. The summed E-state index contributed by atoms with van der Waals surface area (Å²) in [5.41, 5.74) is 2.33. The van der Waals surface area contributed by atoms with E-state index < -0.39 is 0 Å². The molecule has 2 heterocycles. The zero-order valence-corrected chi connectivity index (χ0v) is 11.3. The summed E-state index contributed by atoms with van der Waals surface area (Å²) in [5, 5.41) is 11.0. The summed E-state index contributed by atoms with van der Waals surface area (Å²) in [6.45, 7) is 0. The van der Waals surface area contributed by atoms with Gasteiger partial charge in [-0.1, -0.05) is 18.2 Å². The van der Waals surface area contributed by atoms with Gasteiger partial charge in [0.2, 0.25) is 0 Å². The van der Waals surface area contributed by atoms with Crippen molar-refractivity contribution in [2.45, 2.75) is 37.9 Å². The van der Waals surface area contributed by atoms with Crippen LogP contribution in [0.15, 0.2) is 24.3 Å². The molecule has 1 N–H and O–H groups in total. The van der Waals surface area contributed by atoms with E-state index in [9.17, 15) is 5.11 Å². The Bertz CT molecular complexity index is 597. The molecule has 2 unspecified atom stereocenters. The predicted molar refractivity (Wildman–Crippen MR) is 73.5 cm³/mol. The molecule has 0 amide bonds. The molecule has 4 rings (SSSR count). The fourth-order valence-corrected chi connectivity index (χ4v) is 4.04. The summed E-state index contributed by atoms with van der Waals surface area (Å²) in [7, 11) is 0. The molecule has 98 valence electrons. The van der Waals surface area contributed by atoms with Crippen LogP contribution in [0.2, 0.25) is 0 Å². The monoisotopic (exact) mass is 273 g/mol. The first-order valence-corrected chi connectivity index (χ1v) is 7.55. The van der Waals surface area contributed by atoms with Gasteiger partial charge in [0.05, 0.1) is 16.7 Å². The number of hydrogen-bond donors (Lipinski definition) is 1. The van der Waals surface area contributed by atoms with E-state index in [1.54, 1.807) is 11.3 Å². The molecule has 1 aromatic carbocycles. The van der Waals surface area contributed by atoms with Crippen molar-refractivity contribution in [3.05, 3.63) is 45.4 Å². The Kier molecular flexibility index (Phi) is 2.60. The fourth-order valence-electron chi connectivity index (χ4n) is 2.87. The number of aliphatic hydroxyl groups excluding tert-OH is 1. The van der Waals surface area contributed by atoms with Crippen molar-refractivity contribution in [1.82, 2.24) is 4.98 Å². The molecular weight excluding hydrogens is 258 g/mol. The van der Waals surface area contributed by atoms with Gasteiger partial charge in [-0.05, 0) is 30.9 Å². The van der Waals surface area contributed by atoms with Crippen molar-refractivity contribution in [2.75, 3.05) is 0 Å². The molecule has 0 bridgehead atoms. The summed E-state index contributed by atoms with van der Waals surface area (Å²) in [4.78, 5) is 5.76.